The van der Waals surface area contributed by atoms with E-state index in [2.05, 4.69) is 43.9 Å². The number of H-pyrrole nitrogens is 1. The average Bonchev–Trinajstić information content (AvgIpc) is 3.14. The number of anilines is 3. The van der Waals surface area contributed by atoms with E-state index in [1.807, 2.05) is 18.2 Å². The summed E-state index contributed by atoms with van der Waals surface area (Å²) in [6.07, 6.45) is 2.51. The first-order valence-corrected chi connectivity index (χ1v) is 10.2. The van der Waals surface area contributed by atoms with E-state index in [1.54, 1.807) is 26.1 Å². The highest BCUT2D eigenvalue weighted by Crippen LogP contribution is 2.37. The van der Waals surface area contributed by atoms with Gasteiger partial charge in [-0.3, -0.25) is 9.82 Å². The van der Waals surface area contributed by atoms with Crippen LogP contribution in [0.2, 0.25) is 0 Å². The van der Waals surface area contributed by atoms with Crippen molar-refractivity contribution in [2.75, 3.05) is 9.62 Å². The Morgan fingerprint density at radius 2 is 1.96 bits per heavy atom. The van der Waals surface area contributed by atoms with E-state index in [0.717, 1.165) is 17.9 Å². The minimum absolute atomic E-state index is 0.175. The number of para-hydroxylation sites is 1. The molecule has 0 aliphatic carbocycles. The summed E-state index contributed by atoms with van der Waals surface area (Å²) in [5.74, 6) is 0.797. The lowest BCUT2D eigenvalue weighted by Crippen LogP contribution is -2.24. The summed E-state index contributed by atoms with van der Waals surface area (Å²) in [6.45, 7) is 5.50. The van der Waals surface area contributed by atoms with Gasteiger partial charge in [0.25, 0.3) is 10.0 Å². The number of rotatable bonds is 4. The minimum Gasteiger partial charge on any atom is -0.323 e. The molecule has 1 atom stereocenters. The van der Waals surface area contributed by atoms with Crippen LogP contribution < -0.4 is 9.62 Å². The monoisotopic (exact) mass is 383 g/mol. The largest absolute Gasteiger partial charge is 0.323 e. The lowest BCUT2D eigenvalue weighted by Gasteiger charge is -2.24. The number of hydrogen-bond donors (Lipinski definition) is 2. The van der Waals surface area contributed by atoms with Crippen molar-refractivity contribution in [3.8, 4) is 0 Å². The molecule has 2 N–H and O–H groups in total. The van der Waals surface area contributed by atoms with E-state index in [1.165, 1.54) is 5.56 Å². The van der Waals surface area contributed by atoms with E-state index in [-0.39, 0.29) is 4.90 Å². The third-order valence-corrected chi connectivity index (χ3v) is 6.43. The third-order valence-electron chi connectivity index (χ3n) is 4.78. The number of aryl methyl sites for hydroxylation is 2. The van der Waals surface area contributed by atoms with Gasteiger partial charge in [0.1, 0.15) is 10.7 Å². The van der Waals surface area contributed by atoms with Crippen molar-refractivity contribution >= 4 is 27.2 Å². The van der Waals surface area contributed by atoms with Gasteiger partial charge in [-0.15, -0.1) is 0 Å². The second-order valence-corrected chi connectivity index (χ2v) is 8.44. The Hall–Kier alpha value is -2.87. The van der Waals surface area contributed by atoms with E-state index in [9.17, 15) is 8.42 Å². The molecule has 0 saturated carbocycles. The van der Waals surface area contributed by atoms with Gasteiger partial charge < -0.3 is 4.90 Å². The second kappa shape index (κ2) is 6.38. The van der Waals surface area contributed by atoms with Crippen molar-refractivity contribution in [3.05, 3.63) is 59.5 Å². The van der Waals surface area contributed by atoms with Crippen LogP contribution in [0.25, 0.3) is 0 Å². The molecule has 1 aliphatic heterocycles. The molecule has 4 rings (SSSR count). The molecule has 0 fully saturated rings. The van der Waals surface area contributed by atoms with E-state index in [0.29, 0.717) is 23.1 Å². The Morgan fingerprint density at radius 1 is 1.19 bits per heavy atom. The topological polar surface area (TPSA) is 91.0 Å². The number of benzene rings is 1. The zero-order valence-electron chi connectivity index (χ0n) is 15.4. The van der Waals surface area contributed by atoms with Gasteiger partial charge in [0.05, 0.1) is 23.3 Å². The Bertz CT molecular complexity index is 1070. The number of hydrogen-bond acceptors (Lipinski definition) is 5. The van der Waals surface area contributed by atoms with Crippen LogP contribution in [0.3, 0.4) is 0 Å². The maximum Gasteiger partial charge on any atom is 0.265 e. The third kappa shape index (κ3) is 3.06. The molecule has 140 valence electrons. The zero-order valence-corrected chi connectivity index (χ0v) is 16.2. The molecule has 0 saturated heterocycles. The first-order chi connectivity index (χ1) is 12.9. The van der Waals surface area contributed by atoms with Crippen LogP contribution in [0.5, 0.6) is 0 Å². The Kier molecular flexibility index (Phi) is 4.15. The summed E-state index contributed by atoms with van der Waals surface area (Å²) in [4.78, 5) is 6.85. The van der Waals surface area contributed by atoms with Crippen molar-refractivity contribution < 1.29 is 8.42 Å². The molecule has 1 aliphatic rings. The first-order valence-electron chi connectivity index (χ1n) is 8.74. The number of pyridine rings is 1. The van der Waals surface area contributed by atoms with Gasteiger partial charge >= 0.3 is 0 Å². The van der Waals surface area contributed by atoms with Gasteiger partial charge in [0.15, 0.2) is 0 Å². The predicted octanol–water partition coefficient (Wildman–Crippen LogP) is 3.31. The van der Waals surface area contributed by atoms with Gasteiger partial charge in [-0.25, -0.2) is 13.4 Å². The van der Waals surface area contributed by atoms with Crippen LogP contribution in [-0.2, 0) is 16.4 Å². The fourth-order valence-electron chi connectivity index (χ4n) is 3.65. The summed E-state index contributed by atoms with van der Waals surface area (Å²) < 4.78 is 27.9. The van der Waals surface area contributed by atoms with Crippen molar-refractivity contribution in [2.45, 2.75) is 38.1 Å². The molecule has 2 aromatic heterocycles. The molecule has 1 aromatic carbocycles. The second-order valence-electron chi connectivity index (χ2n) is 6.83. The van der Waals surface area contributed by atoms with Crippen LogP contribution in [0, 0.1) is 13.8 Å². The predicted molar refractivity (Wildman–Crippen MR) is 105 cm³/mol. The van der Waals surface area contributed by atoms with Gasteiger partial charge in [0.2, 0.25) is 0 Å². The Balaban J connectivity index is 1.60. The van der Waals surface area contributed by atoms with Crippen molar-refractivity contribution in [1.29, 1.82) is 0 Å². The molecule has 0 spiro atoms. The maximum atomic E-state index is 12.7. The van der Waals surface area contributed by atoms with E-state index < -0.39 is 10.0 Å². The number of fused-ring (bicyclic) bond motifs is 1. The van der Waals surface area contributed by atoms with Crippen LogP contribution in [0.4, 0.5) is 17.2 Å². The SMILES string of the molecule is Cc1n[nH]c(C)c1S(=O)(=O)Nc1ccc(N2c3ccccc3CC2C)nc1. The minimum atomic E-state index is -3.72. The van der Waals surface area contributed by atoms with E-state index >= 15 is 0 Å². The summed E-state index contributed by atoms with van der Waals surface area (Å²) in [5, 5.41) is 6.65. The fourth-order valence-corrected chi connectivity index (χ4v) is 5.06. The maximum absolute atomic E-state index is 12.7. The fraction of sp³-hybridized carbons (Fsp3) is 0.263. The van der Waals surface area contributed by atoms with Crippen molar-refractivity contribution in [3.63, 3.8) is 0 Å². The molecule has 3 heterocycles. The van der Waals surface area contributed by atoms with Gasteiger partial charge in [0, 0.05) is 11.7 Å². The number of aromatic nitrogens is 3. The summed E-state index contributed by atoms with van der Waals surface area (Å²) in [7, 11) is -3.72. The molecular weight excluding hydrogens is 362 g/mol. The summed E-state index contributed by atoms with van der Waals surface area (Å²) >= 11 is 0. The molecule has 27 heavy (non-hydrogen) atoms. The first kappa shape index (κ1) is 17.5. The standard InChI is InChI=1S/C19H21N5O2S/c1-12-10-15-6-4-5-7-17(15)24(12)18-9-8-16(11-20-18)23-27(25,26)19-13(2)21-22-14(19)3/h4-9,11-12,23H,10H2,1-3H3,(H,21,22). The lowest BCUT2D eigenvalue weighted by molar-refractivity contribution is 0.600. The summed E-state index contributed by atoms with van der Waals surface area (Å²) in [5.41, 5.74) is 3.80. The highest BCUT2D eigenvalue weighted by atomic mass is 32.2. The average molecular weight is 383 g/mol. The number of nitrogens with zero attached hydrogens (tertiary/aromatic N) is 3. The van der Waals surface area contributed by atoms with Gasteiger partial charge in [-0.1, -0.05) is 18.2 Å². The summed E-state index contributed by atoms with van der Waals surface area (Å²) in [6, 6.07) is 12.1. The molecule has 7 nitrogen and oxygen atoms in total. The molecule has 3 aromatic rings. The van der Waals surface area contributed by atoms with Crippen molar-refractivity contribution in [1.82, 2.24) is 15.2 Å². The molecule has 8 heteroatoms. The highest BCUT2D eigenvalue weighted by Gasteiger charge is 2.28. The lowest BCUT2D eigenvalue weighted by atomic mass is 10.1. The molecular formula is C19H21N5O2S. The molecule has 0 bridgehead atoms. The quantitative estimate of drug-likeness (QED) is 0.721. The van der Waals surface area contributed by atoms with Gasteiger partial charge in [-0.05, 0) is 51.0 Å². The van der Waals surface area contributed by atoms with Gasteiger partial charge in [-0.2, -0.15) is 5.10 Å². The number of nitrogens with one attached hydrogen (secondary N) is 2. The molecule has 0 radical (unpaired) electrons. The molecule has 0 amide bonds. The normalized spacial score (nSPS) is 16.4. The van der Waals surface area contributed by atoms with Crippen LogP contribution >= 0.6 is 0 Å². The van der Waals surface area contributed by atoms with Crippen LogP contribution in [0.1, 0.15) is 23.9 Å². The number of sulfonamides is 1. The zero-order chi connectivity index (χ0) is 19.2. The van der Waals surface area contributed by atoms with Crippen LogP contribution in [-0.4, -0.2) is 29.6 Å². The number of aromatic amines is 1. The van der Waals surface area contributed by atoms with Crippen molar-refractivity contribution in [2.24, 2.45) is 0 Å². The Labute approximate surface area is 158 Å². The highest BCUT2D eigenvalue weighted by molar-refractivity contribution is 7.92. The van der Waals surface area contributed by atoms with Crippen LogP contribution in [0.15, 0.2) is 47.5 Å². The molecule has 1 unspecified atom stereocenters. The smallest absolute Gasteiger partial charge is 0.265 e. The van der Waals surface area contributed by atoms with E-state index in [4.69, 9.17) is 0 Å². The Morgan fingerprint density at radius 3 is 2.63 bits per heavy atom.